The number of para-hydroxylation sites is 1. The Morgan fingerprint density at radius 1 is 1.04 bits per heavy atom. The summed E-state index contributed by atoms with van der Waals surface area (Å²) in [4.78, 5) is 4.28. The highest BCUT2D eigenvalue weighted by Crippen LogP contribution is 2.27. The van der Waals surface area contributed by atoms with E-state index in [0.29, 0.717) is 17.8 Å². The van der Waals surface area contributed by atoms with Crippen LogP contribution in [0.5, 0.6) is 0 Å². The summed E-state index contributed by atoms with van der Waals surface area (Å²) in [6.07, 6.45) is 0. The van der Waals surface area contributed by atoms with Gasteiger partial charge in [-0.2, -0.15) is 5.10 Å². The Hall–Kier alpha value is -2.51. The molecule has 5 nitrogen and oxygen atoms in total. The minimum atomic E-state index is -3.53. The second-order valence-corrected chi connectivity index (χ2v) is 9.82. The first-order chi connectivity index (χ1) is 12.9. The lowest BCUT2D eigenvalue weighted by Gasteiger charge is -2.05. The van der Waals surface area contributed by atoms with Crippen LogP contribution in [-0.4, -0.2) is 23.2 Å². The van der Waals surface area contributed by atoms with Crippen LogP contribution in [0.4, 0.5) is 0 Å². The standard InChI is InChI=1S/C20H19N3O2S2/c1-14-7-9-16(10-8-14)12-23-15(2)11-17(22-23)13-27(24,25)20-21-18-5-3-4-6-19(18)26-20/h3-11H,12-13H2,1-2H3. The average Bonchev–Trinajstić information content (AvgIpc) is 3.21. The van der Waals surface area contributed by atoms with Crippen LogP contribution in [0.25, 0.3) is 10.2 Å². The third kappa shape index (κ3) is 3.79. The molecule has 0 saturated carbocycles. The largest absolute Gasteiger partial charge is 0.265 e. The summed E-state index contributed by atoms with van der Waals surface area (Å²) in [6, 6.07) is 17.5. The van der Waals surface area contributed by atoms with E-state index in [2.05, 4.69) is 34.3 Å². The van der Waals surface area contributed by atoms with Gasteiger partial charge in [-0.25, -0.2) is 13.4 Å². The van der Waals surface area contributed by atoms with Crippen molar-refractivity contribution in [2.45, 2.75) is 30.5 Å². The van der Waals surface area contributed by atoms with Crippen LogP contribution >= 0.6 is 11.3 Å². The minimum Gasteiger partial charge on any atom is -0.265 e. The average molecular weight is 398 g/mol. The summed E-state index contributed by atoms with van der Waals surface area (Å²) in [6.45, 7) is 4.61. The number of thiazole rings is 1. The number of sulfone groups is 1. The second kappa shape index (κ2) is 6.90. The van der Waals surface area contributed by atoms with Crippen molar-refractivity contribution in [1.82, 2.24) is 14.8 Å². The maximum atomic E-state index is 12.8. The zero-order valence-corrected chi connectivity index (χ0v) is 16.7. The van der Waals surface area contributed by atoms with Gasteiger partial charge in [0.25, 0.3) is 0 Å². The van der Waals surface area contributed by atoms with Crippen molar-refractivity contribution in [1.29, 1.82) is 0 Å². The normalized spacial score (nSPS) is 11.9. The minimum absolute atomic E-state index is 0.144. The molecule has 0 fully saturated rings. The highest BCUT2D eigenvalue weighted by atomic mass is 32.2. The van der Waals surface area contributed by atoms with Gasteiger partial charge >= 0.3 is 0 Å². The fraction of sp³-hybridized carbons (Fsp3) is 0.200. The van der Waals surface area contributed by atoms with E-state index in [4.69, 9.17) is 0 Å². The molecule has 0 saturated heterocycles. The topological polar surface area (TPSA) is 64.8 Å². The molecule has 4 rings (SSSR count). The molecule has 7 heteroatoms. The molecule has 0 spiro atoms. The molecule has 0 unspecified atom stereocenters. The second-order valence-electron chi connectivity index (χ2n) is 6.63. The van der Waals surface area contributed by atoms with E-state index in [1.54, 1.807) is 0 Å². The third-order valence-corrected chi connectivity index (χ3v) is 7.50. The molecule has 0 aliphatic heterocycles. The number of aryl methyl sites for hydroxylation is 2. The lowest BCUT2D eigenvalue weighted by molar-refractivity contribution is 0.592. The van der Waals surface area contributed by atoms with Crippen LogP contribution in [0.2, 0.25) is 0 Å². The molecular formula is C20H19N3O2S2. The SMILES string of the molecule is Cc1ccc(Cn2nc(CS(=O)(=O)c3nc4ccccc4s3)cc2C)cc1. The quantitative estimate of drug-likeness (QED) is 0.508. The third-order valence-electron chi connectivity index (χ3n) is 4.36. The van der Waals surface area contributed by atoms with E-state index in [9.17, 15) is 8.42 Å². The number of fused-ring (bicyclic) bond motifs is 1. The van der Waals surface area contributed by atoms with E-state index in [0.717, 1.165) is 16.0 Å². The van der Waals surface area contributed by atoms with Crippen LogP contribution in [0, 0.1) is 13.8 Å². The molecule has 0 atom stereocenters. The van der Waals surface area contributed by atoms with Crippen molar-refractivity contribution < 1.29 is 8.42 Å². The molecule has 0 radical (unpaired) electrons. The van der Waals surface area contributed by atoms with Gasteiger partial charge in [-0.3, -0.25) is 4.68 Å². The van der Waals surface area contributed by atoms with Crippen LogP contribution in [0.15, 0.2) is 58.9 Å². The lowest BCUT2D eigenvalue weighted by Crippen LogP contribution is -2.07. The summed E-state index contributed by atoms with van der Waals surface area (Å²) >= 11 is 1.20. The Morgan fingerprint density at radius 2 is 1.78 bits per heavy atom. The van der Waals surface area contributed by atoms with Gasteiger partial charge in [-0.1, -0.05) is 42.0 Å². The maximum absolute atomic E-state index is 12.8. The fourth-order valence-electron chi connectivity index (χ4n) is 2.92. The van der Waals surface area contributed by atoms with E-state index >= 15 is 0 Å². The van der Waals surface area contributed by atoms with E-state index < -0.39 is 9.84 Å². The number of nitrogens with zero attached hydrogens (tertiary/aromatic N) is 3. The molecule has 4 aromatic rings. The first-order valence-electron chi connectivity index (χ1n) is 8.58. The van der Waals surface area contributed by atoms with Gasteiger partial charge in [0.2, 0.25) is 14.2 Å². The lowest BCUT2D eigenvalue weighted by atomic mass is 10.1. The summed E-state index contributed by atoms with van der Waals surface area (Å²) in [7, 11) is -3.53. The molecule has 0 aliphatic carbocycles. The fourth-order valence-corrected chi connectivity index (χ4v) is 5.46. The van der Waals surface area contributed by atoms with Gasteiger partial charge in [-0.05, 0) is 37.6 Å². The van der Waals surface area contributed by atoms with Crippen LogP contribution in [0.3, 0.4) is 0 Å². The molecule has 0 amide bonds. The Morgan fingerprint density at radius 3 is 2.52 bits per heavy atom. The molecule has 27 heavy (non-hydrogen) atoms. The molecule has 2 aromatic carbocycles. The van der Waals surface area contributed by atoms with Gasteiger partial charge in [0.05, 0.1) is 22.5 Å². The number of aromatic nitrogens is 3. The van der Waals surface area contributed by atoms with Crippen LogP contribution in [0.1, 0.15) is 22.5 Å². The Labute approximate surface area is 162 Å². The molecule has 0 aliphatic rings. The summed E-state index contributed by atoms with van der Waals surface area (Å²) < 4.78 is 28.4. The summed E-state index contributed by atoms with van der Waals surface area (Å²) in [5, 5.41) is 4.51. The summed E-state index contributed by atoms with van der Waals surface area (Å²) in [5.74, 6) is -0.144. The first-order valence-corrected chi connectivity index (χ1v) is 11.0. The molecular weight excluding hydrogens is 378 g/mol. The van der Waals surface area contributed by atoms with Crippen LogP contribution < -0.4 is 0 Å². The number of rotatable bonds is 5. The molecule has 138 valence electrons. The number of hydrogen-bond acceptors (Lipinski definition) is 5. The van der Waals surface area contributed by atoms with Gasteiger partial charge < -0.3 is 0 Å². The van der Waals surface area contributed by atoms with Crippen LogP contribution in [-0.2, 0) is 22.1 Å². The Kier molecular flexibility index (Phi) is 4.57. The van der Waals surface area contributed by atoms with Gasteiger partial charge in [0.15, 0.2) is 0 Å². The Balaban J connectivity index is 1.57. The first kappa shape index (κ1) is 17.9. The van der Waals surface area contributed by atoms with E-state index in [1.807, 2.05) is 48.9 Å². The maximum Gasteiger partial charge on any atom is 0.211 e. The summed E-state index contributed by atoms with van der Waals surface area (Å²) in [5.41, 5.74) is 4.53. The van der Waals surface area contributed by atoms with Crippen molar-refractivity contribution in [2.75, 3.05) is 0 Å². The molecule has 2 aromatic heterocycles. The highest BCUT2D eigenvalue weighted by Gasteiger charge is 2.22. The predicted octanol–water partition coefficient (Wildman–Crippen LogP) is 4.13. The van der Waals surface area contributed by atoms with Crippen molar-refractivity contribution in [3.8, 4) is 0 Å². The van der Waals surface area contributed by atoms with Gasteiger partial charge in [0.1, 0.15) is 5.75 Å². The zero-order valence-electron chi connectivity index (χ0n) is 15.1. The highest BCUT2D eigenvalue weighted by molar-refractivity contribution is 7.92. The van der Waals surface area contributed by atoms with Crippen molar-refractivity contribution in [2.24, 2.45) is 0 Å². The zero-order chi connectivity index (χ0) is 19.0. The monoisotopic (exact) mass is 397 g/mol. The number of benzene rings is 2. The van der Waals surface area contributed by atoms with Crippen molar-refractivity contribution in [3.05, 3.63) is 77.1 Å². The predicted molar refractivity (Wildman–Crippen MR) is 108 cm³/mol. The van der Waals surface area contributed by atoms with Crippen molar-refractivity contribution >= 4 is 31.4 Å². The molecule has 0 N–H and O–H groups in total. The molecule has 2 heterocycles. The van der Waals surface area contributed by atoms with Crippen molar-refractivity contribution in [3.63, 3.8) is 0 Å². The Bertz CT molecular complexity index is 1170. The smallest absolute Gasteiger partial charge is 0.211 e. The van der Waals surface area contributed by atoms with E-state index in [1.165, 1.54) is 16.9 Å². The number of hydrogen-bond donors (Lipinski definition) is 0. The molecule has 0 bridgehead atoms. The van der Waals surface area contributed by atoms with Gasteiger partial charge in [-0.15, -0.1) is 11.3 Å². The van der Waals surface area contributed by atoms with E-state index in [-0.39, 0.29) is 10.1 Å². The van der Waals surface area contributed by atoms with Gasteiger partial charge in [0, 0.05) is 5.69 Å².